The van der Waals surface area contributed by atoms with Crippen molar-refractivity contribution in [2.24, 2.45) is 5.73 Å². The molecule has 0 rings (SSSR count). The van der Waals surface area contributed by atoms with Gasteiger partial charge in [0, 0.05) is 14.2 Å². The third kappa shape index (κ3) is 5.75. The normalized spacial score (nSPS) is 11.6. The number of hydrogen-bond donors (Lipinski definition) is 1. The van der Waals surface area contributed by atoms with Crippen LogP contribution in [0.1, 0.15) is 26.2 Å². The second-order valence-electron chi connectivity index (χ2n) is 3.46. The summed E-state index contributed by atoms with van der Waals surface area (Å²) in [5, 5.41) is 0. The Kier molecular flexibility index (Phi) is 9.71. The zero-order valence-electron chi connectivity index (χ0n) is 9.71. The van der Waals surface area contributed by atoms with Crippen LogP contribution >= 0.6 is 0 Å². The summed E-state index contributed by atoms with van der Waals surface area (Å²) >= 11 is 0. The topological polar surface area (TPSA) is 44.5 Å². The van der Waals surface area contributed by atoms with E-state index in [1.807, 2.05) is 0 Å². The van der Waals surface area contributed by atoms with E-state index in [4.69, 9.17) is 15.2 Å². The fraction of sp³-hybridized carbons (Fsp3) is 1.00. The number of hydrogen-bond acceptors (Lipinski definition) is 3. The van der Waals surface area contributed by atoms with Crippen LogP contribution < -0.4 is 5.73 Å². The Morgan fingerprint density at radius 3 is 2.14 bits per heavy atom. The maximum absolute atomic E-state index is 5.52. The van der Waals surface area contributed by atoms with E-state index in [1.54, 1.807) is 14.2 Å². The molecule has 0 saturated carbocycles. The van der Waals surface area contributed by atoms with Gasteiger partial charge in [0.15, 0.2) is 0 Å². The van der Waals surface area contributed by atoms with Gasteiger partial charge in [-0.05, 0) is 13.0 Å². The lowest BCUT2D eigenvalue weighted by Crippen LogP contribution is -2.34. The summed E-state index contributed by atoms with van der Waals surface area (Å²) in [6.07, 6.45) is 3.63. The highest BCUT2D eigenvalue weighted by Crippen LogP contribution is 2.14. The lowest BCUT2D eigenvalue weighted by molar-refractivity contribution is -0.0476. The van der Waals surface area contributed by atoms with Gasteiger partial charge in [0.25, 0.3) is 0 Å². The molecule has 0 atom stereocenters. The first-order chi connectivity index (χ1) is 6.79. The summed E-state index contributed by atoms with van der Waals surface area (Å²) in [5.74, 6) is 0.0399. The van der Waals surface area contributed by atoms with Gasteiger partial charge in [-0.25, -0.2) is 0 Å². The maximum Gasteiger partial charge on any atom is 0.138 e. The van der Waals surface area contributed by atoms with Gasteiger partial charge >= 0.3 is 0 Å². The molecule has 0 aromatic rings. The zero-order valence-corrected chi connectivity index (χ0v) is 10.7. The molecule has 14 heavy (non-hydrogen) atoms. The quantitative estimate of drug-likeness (QED) is 0.474. The van der Waals surface area contributed by atoms with Crippen LogP contribution in [0, 0.1) is 0 Å². The molecule has 0 spiro atoms. The Hall–Kier alpha value is 0.0969. The second-order valence-corrected chi connectivity index (χ2v) is 6.25. The number of ether oxygens (including phenoxy) is 2. The van der Waals surface area contributed by atoms with Gasteiger partial charge in [-0.2, -0.15) is 0 Å². The summed E-state index contributed by atoms with van der Waals surface area (Å²) in [7, 11) is 2.92. The van der Waals surface area contributed by atoms with Crippen LogP contribution in [0.5, 0.6) is 0 Å². The second kappa shape index (κ2) is 9.64. The molecule has 1 radical (unpaired) electrons. The van der Waals surface area contributed by atoms with Crippen molar-refractivity contribution in [3.63, 3.8) is 0 Å². The predicted molar refractivity (Wildman–Crippen MR) is 61.8 cm³/mol. The Morgan fingerprint density at radius 1 is 1.14 bits per heavy atom. The Morgan fingerprint density at radius 2 is 1.71 bits per heavy atom. The van der Waals surface area contributed by atoms with Crippen LogP contribution in [0.15, 0.2) is 0 Å². The van der Waals surface area contributed by atoms with Gasteiger partial charge in [0.2, 0.25) is 0 Å². The summed E-state index contributed by atoms with van der Waals surface area (Å²) < 4.78 is 10.7. The van der Waals surface area contributed by atoms with Crippen molar-refractivity contribution in [2.45, 2.75) is 44.2 Å². The Bertz CT molecular complexity index is 113. The van der Waals surface area contributed by atoms with E-state index in [1.165, 1.54) is 24.9 Å². The Balaban J connectivity index is 3.92. The molecule has 0 heterocycles. The molecule has 0 saturated heterocycles. The first-order valence-corrected chi connectivity index (χ1v) is 7.39. The molecule has 0 aromatic heterocycles. The minimum Gasteiger partial charge on any atom is -0.360 e. The summed E-state index contributed by atoms with van der Waals surface area (Å²) in [6, 6.07) is 2.47. The molecule has 85 valence electrons. The molecular weight excluding hydrogens is 194 g/mol. The number of rotatable bonds is 9. The summed E-state index contributed by atoms with van der Waals surface area (Å²) in [5.41, 5.74) is 5.52. The molecule has 0 amide bonds. The van der Waals surface area contributed by atoms with Crippen LogP contribution in [-0.4, -0.2) is 35.5 Å². The monoisotopic (exact) mass is 218 g/mol. The van der Waals surface area contributed by atoms with Crippen LogP contribution in [0.25, 0.3) is 0 Å². The molecule has 0 aromatic carbocycles. The highest BCUT2D eigenvalue weighted by atomic mass is 28.3. The largest absolute Gasteiger partial charge is 0.360 e. The van der Waals surface area contributed by atoms with Crippen LogP contribution in [0.2, 0.25) is 12.1 Å². The van der Waals surface area contributed by atoms with E-state index in [0.717, 1.165) is 13.0 Å². The Labute approximate surface area is 89.6 Å². The lowest BCUT2D eigenvalue weighted by atomic mass is 10.4. The first-order valence-electron chi connectivity index (χ1n) is 5.40. The van der Waals surface area contributed by atoms with Gasteiger partial charge < -0.3 is 15.2 Å². The van der Waals surface area contributed by atoms with Crippen molar-refractivity contribution in [1.29, 1.82) is 0 Å². The smallest absolute Gasteiger partial charge is 0.138 e. The van der Waals surface area contributed by atoms with Crippen molar-refractivity contribution in [1.82, 2.24) is 0 Å². The minimum atomic E-state index is -0.534. The van der Waals surface area contributed by atoms with E-state index in [9.17, 15) is 0 Å². The molecule has 0 aliphatic heterocycles. The van der Waals surface area contributed by atoms with Crippen molar-refractivity contribution in [3.8, 4) is 0 Å². The van der Waals surface area contributed by atoms with Crippen LogP contribution in [0.4, 0.5) is 0 Å². The van der Waals surface area contributed by atoms with Crippen molar-refractivity contribution >= 4 is 8.80 Å². The van der Waals surface area contributed by atoms with E-state index in [0.29, 0.717) is 0 Å². The maximum atomic E-state index is 5.52. The van der Waals surface area contributed by atoms with E-state index >= 15 is 0 Å². The van der Waals surface area contributed by atoms with Crippen LogP contribution in [0.3, 0.4) is 0 Å². The molecule has 0 aliphatic rings. The molecule has 3 nitrogen and oxygen atoms in total. The van der Waals surface area contributed by atoms with Crippen molar-refractivity contribution in [2.75, 3.05) is 20.8 Å². The van der Waals surface area contributed by atoms with Crippen molar-refractivity contribution in [3.05, 3.63) is 0 Å². The predicted octanol–water partition coefficient (Wildman–Crippen LogP) is 1.79. The number of unbranched alkanes of at least 4 members (excludes halogenated alkanes) is 1. The lowest BCUT2D eigenvalue weighted by Gasteiger charge is -2.22. The van der Waals surface area contributed by atoms with Gasteiger partial charge in [-0.15, -0.1) is 0 Å². The van der Waals surface area contributed by atoms with Gasteiger partial charge in [-0.1, -0.05) is 31.9 Å². The molecule has 2 N–H and O–H groups in total. The SMILES string of the molecule is CCCC[Si](CCCN)C(OC)OC. The number of methoxy groups -OCH3 is 2. The molecule has 0 unspecified atom stereocenters. The average molecular weight is 218 g/mol. The van der Waals surface area contributed by atoms with Gasteiger partial charge in [0.1, 0.15) is 14.7 Å². The standard InChI is InChI=1S/C10H24NO2Si/c1-4-5-8-14(9-6-7-11)10(12-2)13-3/h10H,4-9,11H2,1-3H3. The van der Waals surface area contributed by atoms with Crippen LogP contribution in [-0.2, 0) is 9.47 Å². The summed E-state index contributed by atoms with van der Waals surface area (Å²) in [6.45, 7) is 3.00. The van der Waals surface area contributed by atoms with Gasteiger partial charge in [0.05, 0.1) is 0 Å². The third-order valence-corrected chi connectivity index (χ3v) is 5.44. The number of nitrogens with two attached hydrogens (primary N) is 1. The fourth-order valence-corrected chi connectivity index (χ4v) is 4.38. The van der Waals surface area contributed by atoms with Crippen molar-refractivity contribution < 1.29 is 9.47 Å². The van der Waals surface area contributed by atoms with Gasteiger partial charge in [-0.3, -0.25) is 0 Å². The molecule has 0 aliphatic carbocycles. The molecule has 0 bridgehead atoms. The third-order valence-electron chi connectivity index (χ3n) is 2.31. The average Bonchev–Trinajstić information content (AvgIpc) is 2.22. The molecule has 0 fully saturated rings. The van der Waals surface area contributed by atoms with E-state index in [2.05, 4.69) is 6.92 Å². The summed E-state index contributed by atoms with van der Waals surface area (Å²) in [4.78, 5) is 0. The highest BCUT2D eigenvalue weighted by molar-refractivity contribution is 6.59. The van der Waals surface area contributed by atoms with E-state index < -0.39 is 8.80 Å². The minimum absolute atomic E-state index is 0.0399. The zero-order chi connectivity index (χ0) is 10.8. The van der Waals surface area contributed by atoms with E-state index in [-0.39, 0.29) is 5.91 Å². The molecular formula is C10H24NO2Si. The highest BCUT2D eigenvalue weighted by Gasteiger charge is 2.21. The fourth-order valence-electron chi connectivity index (χ4n) is 1.52. The molecule has 4 heteroatoms. The first kappa shape index (κ1) is 14.1.